The van der Waals surface area contributed by atoms with Crippen molar-refractivity contribution < 1.29 is 14.3 Å². The summed E-state index contributed by atoms with van der Waals surface area (Å²) in [6.45, 7) is 5.83. The molecule has 2 aromatic rings. The number of carbonyl (C=O) groups is 1. The van der Waals surface area contributed by atoms with Gasteiger partial charge in [-0.15, -0.1) is 24.0 Å². The van der Waals surface area contributed by atoms with Gasteiger partial charge in [0, 0.05) is 29.2 Å². The van der Waals surface area contributed by atoms with Crippen LogP contribution >= 0.6 is 24.0 Å². The van der Waals surface area contributed by atoms with Crippen molar-refractivity contribution in [1.82, 2.24) is 10.2 Å². The summed E-state index contributed by atoms with van der Waals surface area (Å²) in [5.74, 6) is -0.170. The second-order valence-corrected chi connectivity index (χ2v) is 8.98. The molecule has 2 N–H and O–H groups in total. The second-order valence-electron chi connectivity index (χ2n) is 7.56. The van der Waals surface area contributed by atoms with Gasteiger partial charge in [-0.2, -0.15) is 5.26 Å². The number of thiol groups is 1. The summed E-state index contributed by atoms with van der Waals surface area (Å²) in [7, 11) is 3.67. The van der Waals surface area contributed by atoms with Crippen LogP contribution in [0.25, 0.3) is 0 Å². The fourth-order valence-corrected chi connectivity index (χ4v) is 4.75. The van der Waals surface area contributed by atoms with Crippen molar-refractivity contribution in [1.29, 1.82) is 5.26 Å². The first-order chi connectivity index (χ1) is 16.0. The maximum atomic E-state index is 13.1. The zero-order chi connectivity index (χ0) is 23.8. The largest absolute Gasteiger partial charge is 0.495 e. The Bertz CT molecular complexity index is 1070. The molecule has 1 saturated heterocycles. The highest BCUT2D eigenvalue weighted by Crippen LogP contribution is 2.41. The number of methoxy groups -OCH3 is 1. The van der Waals surface area contributed by atoms with Crippen molar-refractivity contribution in [3.05, 3.63) is 68.5 Å². The minimum absolute atomic E-state index is 0.286. The first-order valence-electron chi connectivity index (χ1n) is 10.5. The first-order valence-corrected chi connectivity index (χ1v) is 11.8. The minimum Gasteiger partial charge on any atom is -0.495 e. The van der Waals surface area contributed by atoms with E-state index in [-0.39, 0.29) is 5.91 Å². The minimum atomic E-state index is -0.455. The molecule has 2 aliphatic rings. The Balaban J connectivity index is 0.000000374. The van der Waals surface area contributed by atoms with Crippen LogP contribution in [0.1, 0.15) is 17.7 Å². The molecule has 2 aliphatic heterocycles. The van der Waals surface area contributed by atoms with E-state index >= 15 is 0 Å². The van der Waals surface area contributed by atoms with E-state index in [0.717, 1.165) is 31.2 Å². The number of likely N-dealkylation sites (N-methyl/N-ethyl adjacent to an activating group) is 1. The predicted octanol–water partition coefficient (Wildman–Crippen LogP) is 3.97. The Morgan fingerprint density at radius 2 is 2.03 bits per heavy atom. The number of hydrogen-bond acceptors (Lipinski definition) is 8. The Kier molecular flexibility index (Phi) is 8.97. The number of para-hydroxylation sites is 2. The molecule has 0 aliphatic carbocycles. The van der Waals surface area contributed by atoms with E-state index in [1.807, 2.05) is 36.6 Å². The van der Waals surface area contributed by atoms with E-state index in [9.17, 15) is 10.1 Å². The van der Waals surface area contributed by atoms with Crippen LogP contribution in [0.5, 0.6) is 5.75 Å². The lowest BCUT2D eigenvalue weighted by Crippen LogP contribution is -2.32. The van der Waals surface area contributed by atoms with Gasteiger partial charge < -0.3 is 25.0 Å². The standard InChI is InChI=1S/C19H17N3O2S2.C5H11NO/c1-11-16(18(23)22-13-6-3-4-7-14(13)24-2)17(15-8-5-9-26-15)12(10-20)19(25)21-11;1-6-2-4-7-5-3-6/h3-9,17,21,25H,1-2H3,(H,22,23);2-5H2,1H3. The second kappa shape index (κ2) is 11.9. The normalized spacial score (nSPS) is 18.6. The van der Waals surface area contributed by atoms with Crippen LogP contribution in [-0.2, 0) is 9.53 Å². The van der Waals surface area contributed by atoms with Crippen LogP contribution in [0.15, 0.2) is 63.7 Å². The predicted molar refractivity (Wildman–Crippen MR) is 134 cm³/mol. The molecular formula is C24H28N4O3S2. The van der Waals surface area contributed by atoms with Crippen molar-refractivity contribution >= 4 is 35.6 Å². The number of amides is 1. The number of nitriles is 1. The summed E-state index contributed by atoms with van der Waals surface area (Å²) in [4.78, 5) is 16.3. The van der Waals surface area contributed by atoms with E-state index in [1.54, 1.807) is 19.2 Å². The molecule has 3 heterocycles. The smallest absolute Gasteiger partial charge is 0.254 e. The molecule has 1 atom stereocenters. The number of allylic oxidation sites excluding steroid dienone is 2. The third-order valence-corrected chi connectivity index (χ3v) is 6.61. The highest BCUT2D eigenvalue weighted by molar-refractivity contribution is 7.84. The molecule has 1 fully saturated rings. The number of thiophene rings is 1. The Hall–Kier alpha value is -2.77. The van der Waals surface area contributed by atoms with Crippen molar-refractivity contribution in [2.45, 2.75) is 12.8 Å². The SMILES string of the molecule is CN1CCOCC1.COc1ccccc1NC(=O)C1=C(C)NC(S)=C(C#N)C1c1cccs1. The van der Waals surface area contributed by atoms with Gasteiger partial charge in [-0.3, -0.25) is 4.79 Å². The third kappa shape index (κ3) is 6.18. The summed E-state index contributed by atoms with van der Waals surface area (Å²) in [5, 5.41) is 17.9. The van der Waals surface area contributed by atoms with Gasteiger partial charge in [-0.05, 0) is 37.6 Å². The Morgan fingerprint density at radius 1 is 1.30 bits per heavy atom. The summed E-state index contributed by atoms with van der Waals surface area (Å²) in [5.41, 5.74) is 2.16. The lowest BCUT2D eigenvalue weighted by atomic mass is 9.86. The molecule has 0 bridgehead atoms. The summed E-state index contributed by atoms with van der Waals surface area (Å²) in [6.07, 6.45) is 0. The van der Waals surface area contributed by atoms with Crippen LogP contribution in [0.3, 0.4) is 0 Å². The number of rotatable bonds is 4. The van der Waals surface area contributed by atoms with E-state index in [4.69, 9.17) is 9.47 Å². The summed E-state index contributed by atoms with van der Waals surface area (Å²) < 4.78 is 10.4. The lowest BCUT2D eigenvalue weighted by Gasteiger charge is -2.27. The molecule has 1 amide bonds. The lowest BCUT2D eigenvalue weighted by molar-refractivity contribution is -0.113. The number of anilines is 1. The molecular weight excluding hydrogens is 456 g/mol. The van der Waals surface area contributed by atoms with Gasteiger partial charge in [0.25, 0.3) is 5.91 Å². The Morgan fingerprint density at radius 3 is 2.61 bits per heavy atom. The number of benzene rings is 1. The fraction of sp³-hybridized carbons (Fsp3) is 0.333. The number of nitrogens with zero attached hydrogens (tertiary/aromatic N) is 2. The van der Waals surface area contributed by atoms with E-state index in [1.165, 1.54) is 11.3 Å². The molecule has 0 saturated carbocycles. The molecule has 9 heteroatoms. The Labute approximate surface area is 204 Å². The van der Waals surface area contributed by atoms with E-state index < -0.39 is 5.92 Å². The van der Waals surface area contributed by atoms with Crippen molar-refractivity contribution in [2.24, 2.45) is 0 Å². The maximum absolute atomic E-state index is 13.1. The average molecular weight is 485 g/mol. The third-order valence-electron chi connectivity index (χ3n) is 5.33. The van der Waals surface area contributed by atoms with Gasteiger partial charge in [0.15, 0.2) is 0 Å². The monoisotopic (exact) mass is 484 g/mol. The number of hydrogen-bond donors (Lipinski definition) is 3. The molecule has 1 aromatic carbocycles. The zero-order valence-electron chi connectivity index (χ0n) is 18.9. The molecule has 0 radical (unpaired) electrons. The van der Waals surface area contributed by atoms with Crippen LogP contribution in [0, 0.1) is 11.3 Å². The molecule has 1 aromatic heterocycles. The van der Waals surface area contributed by atoms with Crippen molar-refractivity contribution in [3.8, 4) is 11.8 Å². The zero-order valence-corrected chi connectivity index (χ0v) is 20.6. The topological polar surface area (TPSA) is 86.6 Å². The van der Waals surface area contributed by atoms with Gasteiger partial charge in [0.2, 0.25) is 0 Å². The molecule has 1 unspecified atom stereocenters. The van der Waals surface area contributed by atoms with Crippen molar-refractivity contribution in [2.75, 3.05) is 45.8 Å². The summed E-state index contributed by atoms with van der Waals surface area (Å²) in [6, 6.07) is 13.2. The number of carbonyl (C=O) groups excluding carboxylic acids is 1. The highest BCUT2D eigenvalue weighted by Gasteiger charge is 2.34. The van der Waals surface area contributed by atoms with Crippen LogP contribution in [-0.4, -0.2) is 51.3 Å². The quantitative estimate of drug-likeness (QED) is 0.570. The van der Waals surface area contributed by atoms with Crippen LogP contribution in [0.2, 0.25) is 0 Å². The van der Waals surface area contributed by atoms with Gasteiger partial charge in [0.1, 0.15) is 5.75 Å². The molecule has 174 valence electrons. The number of dihydropyridines is 1. The van der Waals surface area contributed by atoms with E-state index in [0.29, 0.717) is 33.3 Å². The molecule has 33 heavy (non-hydrogen) atoms. The maximum Gasteiger partial charge on any atom is 0.254 e. The molecule has 7 nitrogen and oxygen atoms in total. The summed E-state index contributed by atoms with van der Waals surface area (Å²) >= 11 is 5.89. The van der Waals surface area contributed by atoms with Gasteiger partial charge in [-0.25, -0.2) is 0 Å². The van der Waals surface area contributed by atoms with Crippen LogP contribution in [0.4, 0.5) is 5.69 Å². The van der Waals surface area contributed by atoms with Gasteiger partial charge in [0.05, 0.1) is 48.6 Å². The van der Waals surface area contributed by atoms with Crippen LogP contribution < -0.4 is 15.4 Å². The average Bonchev–Trinajstić information content (AvgIpc) is 3.34. The highest BCUT2D eigenvalue weighted by atomic mass is 32.1. The number of ether oxygens (including phenoxy) is 2. The first kappa shape index (κ1) is 24.9. The number of nitrogens with one attached hydrogen (secondary N) is 2. The number of morpholine rings is 1. The van der Waals surface area contributed by atoms with Gasteiger partial charge in [-0.1, -0.05) is 18.2 Å². The molecule has 4 rings (SSSR count). The van der Waals surface area contributed by atoms with Crippen molar-refractivity contribution in [3.63, 3.8) is 0 Å². The molecule has 0 spiro atoms. The van der Waals surface area contributed by atoms with Gasteiger partial charge >= 0.3 is 0 Å². The fourth-order valence-electron chi connectivity index (χ4n) is 3.56. The van der Waals surface area contributed by atoms with E-state index in [2.05, 4.69) is 41.3 Å².